The minimum atomic E-state index is -0.921. The van der Waals surface area contributed by atoms with Crippen molar-refractivity contribution in [1.29, 1.82) is 0 Å². The molecule has 5 nitrogen and oxygen atoms in total. The number of likely N-dealkylation sites (N-methyl/N-ethyl adjacent to an activating group) is 1. The van der Waals surface area contributed by atoms with Crippen molar-refractivity contribution >= 4 is 11.9 Å². The molecule has 0 rings (SSSR count). The van der Waals surface area contributed by atoms with Gasteiger partial charge < -0.3 is 14.3 Å². The van der Waals surface area contributed by atoms with Crippen LogP contribution in [-0.4, -0.2) is 55.3 Å². The molecule has 0 saturated carbocycles. The van der Waals surface area contributed by atoms with Crippen molar-refractivity contribution in [3.05, 3.63) is 0 Å². The monoisotopic (exact) mass is 512 g/mol. The molecular weight excluding hydrogens is 450 g/mol. The number of aliphatic carboxylic acids is 1. The zero-order valence-electron chi connectivity index (χ0n) is 24.8. The molecule has 0 fully saturated rings. The van der Waals surface area contributed by atoms with Crippen LogP contribution in [0.5, 0.6) is 0 Å². The summed E-state index contributed by atoms with van der Waals surface area (Å²) in [5.41, 5.74) is 0. The molecule has 0 radical (unpaired) electrons. The van der Waals surface area contributed by atoms with E-state index in [-0.39, 0.29) is 12.4 Å². The Balaban J connectivity index is 3.43. The number of carbonyl (C=O) groups is 2. The Kier molecular flexibility index (Phi) is 22.3. The molecule has 0 aromatic carbocycles. The van der Waals surface area contributed by atoms with Gasteiger partial charge >= 0.3 is 11.9 Å². The van der Waals surface area contributed by atoms with E-state index in [0.29, 0.717) is 17.4 Å². The number of hydrogen-bond donors (Lipinski definition) is 1. The van der Waals surface area contributed by atoms with Crippen molar-refractivity contribution in [3.63, 3.8) is 0 Å². The Morgan fingerprint density at radius 1 is 0.694 bits per heavy atom. The number of hydrogen-bond acceptors (Lipinski definition) is 3. The van der Waals surface area contributed by atoms with Crippen LogP contribution in [0.2, 0.25) is 0 Å². The maximum absolute atomic E-state index is 12.1. The SMILES string of the molecule is CCC(C)CCCCCCCCCCCCCCCCCCCC(=O)OC(CC(=O)O)C[N+](C)(C)C. The van der Waals surface area contributed by atoms with Gasteiger partial charge in [-0.3, -0.25) is 9.59 Å². The summed E-state index contributed by atoms with van der Waals surface area (Å²) in [6.07, 6.45) is 24.9. The van der Waals surface area contributed by atoms with Crippen molar-refractivity contribution < 1.29 is 23.9 Å². The molecule has 36 heavy (non-hydrogen) atoms. The smallest absolute Gasteiger partial charge is 0.307 e. The number of carboxylic acid groups (broad SMARTS) is 1. The lowest BCUT2D eigenvalue weighted by molar-refractivity contribution is -0.873. The summed E-state index contributed by atoms with van der Waals surface area (Å²) in [6.45, 7) is 5.19. The van der Waals surface area contributed by atoms with Gasteiger partial charge in [-0.15, -0.1) is 0 Å². The van der Waals surface area contributed by atoms with E-state index in [1.807, 2.05) is 21.1 Å². The maximum atomic E-state index is 12.1. The first kappa shape index (κ1) is 34.9. The van der Waals surface area contributed by atoms with Gasteiger partial charge in [0.1, 0.15) is 6.54 Å². The number of nitrogens with zero attached hydrogens (tertiary/aromatic N) is 1. The van der Waals surface area contributed by atoms with Crippen LogP contribution in [0.4, 0.5) is 0 Å². The molecule has 0 aromatic rings. The van der Waals surface area contributed by atoms with Gasteiger partial charge in [-0.25, -0.2) is 0 Å². The number of ether oxygens (including phenoxy) is 1. The van der Waals surface area contributed by atoms with E-state index < -0.39 is 12.1 Å². The van der Waals surface area contributed by atoms with E-state index in [9.17, 15) is 9.59 Å². The fourth-order valence-corrected chi connectivity index (χ4v) is 4.81. The van der Waals surface area contributed by atoms with Crippen LogP contribution in [0.15, 0.2) is 0 Å². The largest absolute Gasteiger partial charge is 0.481 e. The Hall–Kier alpha value is -1.10. The van der Waals surface area contributed by atoms with E-state index in [2.05, 4.69) is 13.8 Å². The summed E-state index contributed by atoms with van der Waals surface area (Å²) in [5.74, 6) is -0.264. The number of carboxylic acids is 1. The second-order valence-corrected chi connectivity index (χ2v) is 12.2. The normalized spacial score (nSPS) is 13.5. The molecule has 5 heteroatoms. The average Bonchev–Trinajstić information content (AvgIpc) is 2.78. The fourth-order valence-electron chi connectivity index (χ4n) is 4.81. The van der Waals surface area contributed by atoms with E-state index >= 15 is 0 Å². The van der Waals surface area contributed by atoms with Crippen LogP contribution in [0, 0.1) is 5.92 Å². The van der Waals surface area contributed by atoms with Crippen LogP contribution < -0.4 is 0 Å². The highest BCUT2D eigenvalue weighted by molar-refractivity contribution is 5.71. The topological polar surface area (TPSA) is 63.6 Å². The number of carbonyl (C=O) groups excluding carboxylic acids is 1. The number of esters is 1. The first-order chi connectivity index (χ1) is 17.1. The number of quaternary nitrogens is 1. The summed E-state index contributed by atoms with van der Waals surface area (Å²) in [6, 6.07) is 0. The van der Waals surface area contributed by atoms with Gasteiger partial charge in [0.05, 0.1) is 27.6 Å². The van der Waals surface area contributed by atoms with Crippen LogP contribution >= 0.6 is 0 Å². The van der Waals surface area contributed by atoms with Gasteiger partial charge in [0.25, 0.3) is 0 Å². The van der Waals surface area contributed by atoms with Crippen molar-refractivity contribution in [1.82, 2.24) is 0 Å². The summed E-state index contributed by atoms with van der Waals surface area (Å²) >= 11 is 0. The molecule has 0 spiro atoms. The first-order valence-corrected chi connectivity index (χ1v) is 15.4. The van der Waals surface area contributed by atoms with Crippen LogP contribution in [0.25, 0.3) is 0 Å². The molecule has 214 valence electrons. The molecular formula is C31H62NO4+. The molecule has 0 aliphatic rings. The van der Waals surface area contributed by atoms with E-state index in [4.69, 9.17) is 9.84 Å². The molecule has 0 aromatic heterocycles. The molecule has 2 unspecified atom stereocenters. The zero-order valence-corrected chi connectivity index (χ0v) is 24.8. The molecule has 2 atom stereocenters. The second-order valence-electron chi connectivity index (χ2n) is 12.2. The lowest BCUT2D eigenvalue weighted by Gasteiger charge is -2.28. The van der Waals surface area contributed by atoms with Crippen molar-refractivity contribution in [3.8, 4) is 0 Å². The van der Waals surface area contributed by atoms with Crippen molar-refractivity contribution in [2.45, 2.75) is 155 Å². The summed E-state index contributed by atoms with van der Waals surface area (Å²) < 4.78 is 6.02. The lowest BCUT2D eigenvalue weighted by atomic mass is 9.99. The maximum Gasteiger partial charge on any atom is 0.307 e. The van der Waals surface area contributed by atoms with Gasteiger partial charge in [0, 0.05) is 6.42 Å². The van der Waals surface area contributed by atoms with Gasteiger partial charge in [-0.05, 0) is 12.3 Å². The van der Waals surface area contributed by atoms with E-state index in [1.54, 1.807) is 0 Å². The predicted molar refractivity (Wildman–Crippen MR) is 152 cm³/mol. The van der Waals surface area contributed by atoms with Gasteiger partial charge in [-0.2, -0.15) is 0 Å². The van der Waals surface area contributed by atoms with Crippen LogP contribution in [-0.2, 0) is 14.3 Å². The van der Waals surface area contributed by atoms with Crippen LogP contribution in [0.3, 0.4) is 0 Å². The second kappa shape index (κ2) is 23.0. The Morgan fingerprint density at radius 3 is 1.44 bits per heavy atom. The lowest BCUT2D eigenvalue weighted by Crippen LogP contribution is -2.43. The summed E-state index contributed by atoms with van der Waals surface area (Å²) in [4.78, 5) is 23.1. The highest BCUT2D eigenvalue weighted by Gasteiger charge is 2.24. The van der Waals surface area contributed by atoms with E-state index in [0.717, 1.165) is 18.8 Å². The molecule has 0 heterocycles. The molecule has 0 saturated heterocycles. The fraction of sp³-hybridized carbons (Fsp3) is 0.935. The summed E-state index contributed by atoms with van der Waals surface area (Å²) in [5, 5.41) is 9.05. The third kappa shape index (κ3) is 26.0. The van der Waals surface area contributed by atoms with E-state index in [1.165, 1.54) is 109 Å². The Morgan fingerprint density at radius 2 is 1.08 bits per heavy atom. The molecule has 1 N–H and O–H groups in total. The molecule has 0 aliphatic heterocycles. The standard InChI is InChI=1S/C31H61NO4/c1-6-28(2)24-22-20-18-16-14-12-10-8-7-9-11-13-15-17-19-21-23-25-31(35)36-29(26-30(33)34)27-32(3,4)5/h28-29H,6-27H2,1-5H3/p+1. The molecule has 0 amide bonds. The minimum Gasteiger partial charge on any atom is -0.481 e. The predicted octanol–water partition coefficient (Wildman–Crippen LogP) is 8.54. The van der Waals surface area contributed by atoms with Crippen molar-refractivity contribution in [2.24, 2.45) is 5.92 Å². The number of unbranched alkanes of at least 4 members (excludes halogenated alkanes) is 16. The average molecular weight is 513 g/mol. The first-order valence-electron chi connectivity index (χ1n) is 15.4. The van der Waals surface area contributed by atoms with Crippen molar-refractivity contribution in [2.75, 3.05) is 27.7 Å². The number of rotatable bonds is 26. The minimum absolute atomic E-state index is 0.125. The molecule has 0 bridgehead atoms. The van der Waals surface area contributed by atoms with Gasteiger partial charge in [-0.1, -0.05) is 129 Å². The third-order valence-electron chi connectivity index (χ3n) is 7.23. The third-order valence-corrected chi connectivity index (χ3v) is 7.23. The van der Waals surface area contributed by atoms with Crippen LogP contribution in [0.1, 0.15) is 149 Å². The Bertz CT molecular complexity index is 529. The van der Waals surface area contributed by atoms with Gasteiger partial charge in [0.2, 0.25) is 0 Å². The Labute approximate surface area is 224 Å². The highest BCUT2D eigenvalue weighted by Crippen LogP contribution is 2.16. The highest BCUT2D eigenvalue weighted by atomic mass is 16.5. The summed E-state index contributed by atoms with van der Waals surface area (Å²) in [7, 11) is 5.92. The molecule has 0 aliphatic carbocycles. The van der Waals surface area contributed by atoms with Gasteiger partial charge in [0.15, 0.2) is 6.10 Å². The zero-order chi connectivity index (χ0) is 27.1. The quantitative estimate of drug-likeness (QED) is 0.0716.